The summed E-state index contributed by atoms with van der Waals surface area (Å²) in [5.41, 5.74) is 2.59. The second-order valence-electron chi connectivity index (χ2n) is 4.26. The highest BCUT2D eigenvalue weighted by atomic mass is 16.5. The summed E-state index contributed by atoms with van der Waals surface area (Å²) >= 11 is 0. The Kier molecular flexibility index (Phi) is 3.45. The molecule has 2 aromatic heterocycles. The van der Waals surface area contributed by atoms with E-state index in [-0.39, 0.29) is 0 Å². The molecule has 3 aromatic rings. The van der Waals surface area contributed by atoms with Crippen LogP contribution in [-0.2, 0) is 6.54 Å². The first-order valence-corrected chi connectivity index (χ1v) is 6.46. The first-order valence-electron chi connectivity index (χ1n) is 6.46. The monoisotopic (exact) mass is 269 g/mol. The van der Waals surface area contributed by atoms with Gasteiger partial charge in [0.05, 0.1) is 12.9 Å². The Bertz CT molecular complexity index is 709. The van der Waals surface area contributed by atoms with Gasteiger partial charge in [0.2, 0.25) is 0 Å². The van der Waals surface area contributed by atoms with E-state index >= 15 is 0 Å². The molecular weight excluding hydrogens is 254 g/mol. The molecule has 0 radical (unpaired) electrons. The number of imidazole rings is 1. The Morgan fingerprint density at radius 3 is 3.10 bits per heavy atom. The summed E-state index contributed by atoms with van der Waals surface area (Å²) in [6.07, 6.45) is 3.12. The van der Waals surface area contributed by atoms with Crippen LogP contribution in [0.4, 0.5) is 5.82 Å². The molecule has 0 unspecified atom stereocenters. The highest BCUT2D eigenvalue weighted by molar-refractivity contribution is 5.81. The molecule has 3 rings (SSSR count). The summed E-state index contributed by atoms with van der Waals surface area (Å²) in [6, 6.07) is 7.98. The highest BCUT2D eigenvalue weighted by Crippen LogP contribution is 2.17. The molecule has 102 valence electrons. The van der Waals surface area contributed by atoms with Gasteiger partial charge in [-0.25, -0.2) is 15.0 Å². The van der Waals surface area contributed by atoms with Gasteiger partial charge in [-0.1, -0.05) is 12.1 Å². The van der Waals surface area contributed by atoms with Crippen molar-refractivity contribution in [2.75, 3.05) is 11.9 Å². The molecule has 0 saturated carbocycles. The fourth-order valence-corrected chi connectivity index (χ4v) is 1.99. The summed E-state index contributed by atoms with van der Waals surface area (Å²) in [6.45, 7) is 3.29. The predicted octanol–water partition coefficient (Wildman–Crippen LogP) is 2.36. The lowest BCUT2D eigenvalue weighted by molar-refractivity contribution is 0.340. The van der Waals surface area contributed by atoms with Gasteiger partial charge < -0.3 is 15.0 Å². The number of hydrogen-bond donors (Lipinski definition) is 2. The molecule has 2 N–H and O–H groups in total. The van der Waals surface area contributed by atoms with Crippen LogP contribution in [0.15, 0.2) is 36.9 Å². The van der Waals surface area contributed by atoms with Crippen LogP contribution in [-0.4, -0.2) is 26.5 Å². The van der Waals surface area contributed by atoms with E-state index in [9.17, 15) is 0 Å². The summed E-state index contributed by atoms with van der Waals surface area (Å²) in [4.78, 5) is 15.5. The normalized spacial score (nSPS) is 10.7. The highest BCUT2D eigenvalue weighted by Gasteiger charge is 2.05. The van der Waals surface area contributed by atoms with Crippen LogP contribution < -0.4 is 10.1 Å². The van der Waals surface area contributed by atoms with Crippen molar-refractivity contribution in [3.8, 4) is 5.75 Å². The van der Waals surface area contributed by atoms with Crippen LogP contribution in [0, 0.1) is 0 Å². The van der Waals surface area contributed by atoms with Gasteiger partial charge in [-0.2, -0.15) is 0 Å². The molecule has 0 amide bonds. The van der Waals surface area contributed by atoms with Crippen molar-refractivity contribution in [3.63, 3.8) is 0 Å². The van der Waals surface area contributed by atoms with Crippen molar-refractivity contribution in [1.29, 1.82) is 0 Å². The second-order valence-corrected chi connectivity index (χ2v) is 4.26. The fourth-order valence-electron chi connectivity index (χ4n) is 1.99. The molecule has 20 heavy (non-hydrogen) atoms. The summed E-state index contributed by atoms with van der Waals surface area (Å²) < 4.78 is 5.49. The number of aromatic amines is 1. The molecule has 2 heterocycles. The average Bonchev–Trinajstić information content (AvgIpc) is 2.95. The number of nitrogens with zero attached hydrogens (tertiary/aromatic N) is 3. The number of anilines is 1. The van der Waals surface area contributed by atoms with Crippen LogP contribution >= 0.6 is 0 Å². The van der Waals surface area contributed by atoms with E-state index in [1.807, 2.05) is 31.2 Å². The number of H-pyrrole nitrogens is 1. The Morgan fingerprint density at radius 1 is 1.25 bits per heavy atom. The van der Waals surface area contributed by atoms with Gasteiger partial charge in [-0.15, -0.1) is 0 Å². The van der Waals surface area contributed by atoms with Crippen molar-refractivity contribution >= 4 is 17.0 Å². The molecule has 0 spiro atoms. The minimum Gasteiger partial charge on any atom is -0.494 e. The lowest BCUT2D eigenvalue weighted by Crippen LogP contribution is -2.03. The maximum absolute atomic E-state index is 5.49. The van der Waals surface area contributed by atoms with Crippen molar-refractivity contribution in [2.24, 2.45) is 0 Å². The predicted molar refractivity (Wildman–Crippen MR) is 76.6 cm³/mol. The first kappa shape index (κ1) is 12.4. The molecule has 6 heteroatoms. The van der Waals surface area contributed by atoms with E-state index in [1.165, 1.54) is 6.33 Å². The third-order valence-electron chi connectivity index (χ3n) is 2.89. The van der Waals surface area contributed by atoms with Gasteiger partial charge in [-0.3, -0.25) is 0 Å². The molecule has 0 aliphatic rings. The SMILES string of the molecule is CCOc1cccc(CNc2ncnc3[nH]cnc23)c1. The minimum absolute atomic E-state index is 0.653. The van der Waals surface area contributed by atoms with Crippen molar-refractivity contribution < 1.29 is 4.74 Å². The zero-order valence-corrected chi connectivity index (χ0v) is 11.1. The first-order chi connectivity index (χ1) is 9.86. The van der Waals surface area contributed by atoms with Gasteiger partial charge in [-0.05, 0) is 24.6 Å². The quantitative estimate of drug-likeness (QED) is 0.743. The topological polar surface area (TPSA) is 75.7 Å². The molecule has 0 bridgehead atoms. The van der Waals surface area contributed by atoms with E-state index in [0.29, 0.717) is 13.2 Å². The molecular formula is C14H15N5O. The van der Waals surface area contributed by atoms with Crippen LogP contribution in [0.2, 0.25) is 0 Å². The van der Waals surface area contributed by atoms with Crippen LogP contribution in [0.5, 0.6) is 5.75 Å². The van der Waals surface area contributed by atoms with Gasteiger partial charge >= 0.3 is 0 Å². The molecule has 1 aromatic carbocycles. The number of benzene rings is 1. The zero-order valence-electron chi connectivity index (χ0n) is 11.1. The number of hydrogen-bond acceptors (Lipinski definition) is 5. The molecule has 0 aliphatic carbocycles. The van der Waals surface area contributed by atoms with Gasteiger partial charge in [0.15, 0.2) is 11.5 Å². The van der Waals surface area contributed by atoms with E-state index in [2.05, 4.69) is 25.3 Å². The summed E-state index contributed by atoms with van der Waals surface area (Å²) in [5.74, 6) is 1.59. The Labute approximate surface area is 116 Å². The minimum atomic E-state index is 0.653. The Hall–Kier alpha value is -2.63. The molecule has 0 atom stereocenters. The van der Waals surface area contributed by atoms with Crippen molar-refractivity contribution in [2.45, 2.75) is 13.5 Å². The fraction of sp³-hybridized carbons (Fsp3) is 0.214. The van der Waals surface area contributed by atoms with Gasteiger partial charge in [0, 0.05) is 6.54 Å². The van der Waals surface area contributed by atoms with E-state index in [1.54, 1.807) is 6.33 Å². The molecule has 6 nitrogen and oxygen atoms in total. The maximum Gasteiger partial charge on any atom is 0.162 e. The number of ether oxygens (including phenoxy) is 1. The summed E-state index contributed by atoms with van der Waals surface area (Å²) in [5, 5.41) is 3.27. The number of rotatable bonds is 5. The Balaban J connectivity index is 1.76. The Morgan fingerprint density at radius 2 is 2.20 bits per heavy atom. The number of nitrogens with one attached hydrogen (secondary N) is 2. The largest absolute Gasteiger partial charge is 0.494 e. The van der Waals surface area contributed by atoms with Gasteiger partial charge in [0.25, 0.3) is 0 Å². The number of fused-ring (bicyclic) bond motifs is 1. The summed E-state index contributed by atoms with van der Waals surface area (Å²) in [7, 11) is 0. The van der Waals surface area contributed by atoms with E-state index < -0.39 is 0 Å². The maximum atomic E-state index is 5.49. The standard InChI is InChI=1S/C14H15N5O/c1-2-20-11-5-3-4-10(6-11)7-15-13-12-14(17-8-16-12)19-9-18-13/h3-6,8-9H,2,7H2,1H3,(H2,15,16,17,18,19). The van der Waals surface area contributed by atoms with Gasteiger partial charge in [0.1, 0.15) is 17.6 Å². The molecule has 0 fully saturated rings. The lowest BCUT2D eigenvalue weighted by atomic mass is 10.2. The van der Waals surface area contributed by atoms with Crippen molar-refractivity contribution in [1.82, 2.24) is 19.9 Å². The van der Waals surface area contributed by atoms with Crippen molar-refractivity contribution in [3.05, 3.63) is 42.5 Å². The van der Waals surface area contributed by atoms with Crippen LogP contribution in [0.1, 0.15) is 12.5 Å². The molecule has 0 aliphatic heterocycles. The smallest absolute Gasteiger partial charge is 0.162 e. The van der Waals surface area contributed by atoms with Crippen LogP contribution in [0.3, 0.4) is 0 Å². The second kappa shape index (κ2) is 5.56. The third kappa shape index (κ3) is 2.54. The van der Waals surface area contributed by atoms with E-state index in [0.717, 1.165) is 28.3 Å². The number of aromatic nitrogens is 4. The zero-order chi connectivity index (χ0) is 13.8. The van der Waals surface area contributed by atoms with E-state index in [4.69, 9.17) is 4.74 Å². The average molecular weight is 269 g/mol. The van der Waals surface area contributed by atoms with Crippen LogP contribution in [0.25, 0.3) is 11.2 Å². The molecule has 0 saturated heterocycles. The third-order valence-corrected chi connectivity index (χ3v) is 2.89. The lowest BCUT2D eigenvalue weighted by Gasteiger charge is -2.08.